The smallest absolute Gasteiger partial charge is 0.253 e. The maximum absolute atomic E-state index is 13.1. The van der Waals surface area contributed by atoms with E-state index in [0.717, 1.165) is 31.8 Å². The molecule has 2 aliphatic rings. The first-order valence-electron chi connectivity index (χ1n) is 8.81. The summed E-state index contributed by atoms with van der Waals surface area (Å²) in [6, 6.07) is 9.99. The standard InChI is InChI=1S/C20H18FN3OS/c21-15-5-3-14(4-6-15)18(25)23-9-7-20(13-23)8-10-24-16(12-22-19(20)24)17-2-1-11-26-17/h1-6,11-12H,7-10,13H2/t20-/m0/s1. The number of hydrogen-bond acceptors (Lipinski definition) is 3. The number of nitrogens with zero attached hydrogens (tertiary/aromatic N) is 3. The van der Waals surface area contributed by atoms with E-state index in [0.29, 0.717) is 12.1 Å². The molecule has 1 fully saturated rings. The van der Waals surface area contributed by atoms with Gasteiger partial charge in [0.05, 0.1) is 16.8 Å². The van der Waals surface area contributed by atoms with Crippen LogP contribution in [0.1, 0.15) is 29.0 Å². The Kier molecular flexibility index (Phi) is 3.50. The molecule has 1 spiro atoms. The van der Waals surface area contributed by atoms with Crippen LogP contribution in [0.4, 0.5) is 4.39 Å². The Hall–Kier alpha value is -2.47. The summed E-state index contributed by atoms with van der Waals surface area (Å²) in [6.07, 6.45) is 3.91. The van der Waals surface area contributed by atoms with Gasteiger partial charge in [-0.1, -0.05) is 6.07 Å². The number of carbonyl (C=O) groups is 1. The Labute approximate surface area is 154 Å². The first-order valence-corrected chi connectivity index (χ1v) is 9.69. The number of imidazole rings is 1. The molecule has 5 rings (SSSR count). The van der Waals surface area contributed by atoms with Gasteiger partial charge in [0.2, 0.25) is 0 Å². The molecule has 0 unspecified atom stereocenters. The van der Waals surface area contributed by atoms with E-state index in [4.69, 9.17) is 4.98 Å². The van der Waals surface area contributed by atoms with Gasteiger partial charge in [-0.05, 0) is 48.6 Å². The zero-order valence-electron chi connectivity index (χ0n) is 14.2. The minimum absolute atomic E-state index is 0.0228. The summed E-state index contributed by atoms with van der Waals surface area (Å²) in [5.74, 6) is 0.763. The molecule has 1 aromatic carbocycles. The molecule has 4 nitrogen and oxygen atoms in total. The molecule has 1 saturated heterocycles. The highest BCUT2D eigenvalue weighted by Gasteiger charge is 2.48. The Morgan fingerprint density at radius 3 is 2.73 bits per heavy atom. The highest BCUT2D eigenvalue weighted by atomic mass is 32.1. The molecular weight excluding hydrogens is 349 g/mol. The number of rotatable bonds is 2. The SMILES string of the molecule is O=C(c1ccc(F)cc1)N1CC[C@]2(CCn3c(-c4cccs4)cnc32)C1. The lowest BCUT2D eigenvalue weighted by atomic mass is 9.85. The van der Waals surface area contributed by atoms with E-state index >= 15 is 0 Å². The predicted octanol–water partition coefficient (Wildman–Crippen LogP) is 3.94. The highest BCUT2D eigenvalue weighted by molar-refractivity contribution is 7.13. The lowest BCUT2D eigenvalue weighted by Crippen LogP contribution is -2.33. The number of amides is 1. The summed E-state index contributed by atoms with van der Waals surface area (Å²) < 4.78 is 15.4. The summed E-state index contributed by atoms with van der Waals surface area (Å²) in [4.78, 5) is 20.7. The summed E-state index contributed by atoms with van der Waals surface area (Å²) in [5.41, 5.74) is 1.67. The van der Waals surface area contributed by atoms with Crippen molar-refractivity contribution in [1.82, 2.24) is 14.5 Å². The van der Waals surface area contributed by atoms with Gasteiger partial charge in [0.15, 0.2) is 0 Å². The molecule has 26 heavy (non-hydrogen) atoms. The van der Waals surface area contributed by atoms with Crippen LogP contribution in [-0.4, -0.2) is 33.4 Å². The molecule has 1 amide bonds. The molecule has 6 heteroatoms. The van der Waals surface area contributed by atoms with Crippen LogP contribution in [-0.2, 0) is 12.0 Å². The fraction of sp³-hybridized carbons (Fsp3) is 0.300. The van der Waals surface area contributed by atoms with Gasteiger partial charge < -0.3 is 9.47 Å². The monoisotopic (exact) mass is 367 g/mol. The minimum Gasteiger partial charge on any atom is -0.338 e. The van der Waals surface area contributed by atoms with E-state index in [9.17, 15) is 9.18 Å². The van der Waals surface area contributed by atoms with E-state index in [1.165, 1.54) is 22.7 Å². The molecule has 0 saturated carbocycles. The van der Waals surface area contributed by atoms with Crippen molar-refractivity contribution >= 4 is 17.2 Å². The second-order valence-electron chi connectivity index (χ2n) is 7.11. The third-order valence-electron chi connectivity index (χ3n) is 5.65. The van der Waals surface area contributed by atoms with Crippen molar-refractivity contribution in [2.45, 2.75) is 24.8 Å². The fourth-order valence-electron chi connectivity index (χ4n) is 4.29. The zero-order valence-corrected chi connectivity index (χ0v) is 15.0. The average molecular weight is 367 g/mol. The molecule has 0 radical (unpaired) electrons. The number of carbonyl (C=O) groups excluding carboxylic acids is 1. The van der Waals surface area contributed by atoms with Crippen LogP contribution in [0.15, 0.2) is 48.0 Å². The fourth-order valence-corrected chi connectivity index (χ4v) is 5.04. The number of fused-ring (bicyclic) bond motifs is 2. The van der Waals surface area contributed by atoms with E-state index in [1.54, 1.807) is 23.5 Å². The first kappa shape index (κ1) is 15.8. The second kappa shape index (κ2) is 5.77. The molecule has 2 aliphatic heterocycles. The Morgan fingerprint density at radius 2 is 1.96 bits per heavy atom. The van der Waals surface area contributed by atoms with Gasteiger partial charge >= 0.3 is 0 Å². The van der Waals surface area contributed by atoms with Gasteiger partial charge in [0.25, 0.3) is 5.91 Å². The summed E-state index contributed by atoms with van der Waals surface area (Å²) >= 11 is 1.73. The molecule has 1 atom stereocenters. The van der Waals surface area contributed by atoms with Gasteiger partial charge in [-0.2, -0.15) is 0 Å². The summed E-state index contributed by atoms with van der Waals surface area (Å²) in [7, 11) is 0. The lowest BCUT2D eigenvalue weighted by molar-refractivity contribution is 0.0783. The number of benzene rings is 1. The van der Waals surface area contributed by atoms with E-state index < -0.39 is 0 Å². The quantitative estimate of drug-likeness (QED) is 0.688. The maximum atomic E-state index is 13.1. The maximum Gasteiger partial charge on any atom is 0.253 e. The van der Waals surface area contributed by atoms with E-state index in [2.05, 4.69) is 22.1 Å². The lowest BCUT2D eigenvalue weighted by Gasteiger charge is -2.22. The third kappa shape index (κ3) is 2.32. The molecule has 3 aromatic rings. The van der Waals surface area contributed by atoms with Crippen molar-refractivity contribution in [2.24, 2.45) is 0 Å². The van der Waals surface area contributed by atoms with Crippen LogP contribution < -0.4 is 0 Å². The molecule has 0 bridgehead atoms. The summed E-state index contributed by atoms with van der Waals surface area (Å²) in [6.45, 7) is 2.35. The Bertz CT molecular complexity index is 964. The third-order valence-corrected chi connectivity index (χ3v) is 6.54. The van der Waals surface area contributed by atoms with Crippen molar-refractivity contribution in [3.05, 3.63) is 65.2 Å². The van der Waals surface area contributed by atoms with Crippen molar-refractivity contribution < 1.29 is 9.18 Å². The predicted molar refractivity (Wildman–Crippen MR) is 98.8 cm³/mol. The van der Waals surface area contributed by atoms with E-state index in [1.807, 2.05) is 11.1 Å². The number of halogens is 1. The van der Waals surface area contributed by atoms with Crippen molar-refractivity contribution in [3.63, 3.8) is 0 Å². The number of thiophene rings is 1. The van der Waals surface area contributed by atoms with Crippen LogP contribution in [0.3, 0.4) is 0 Å². The Morgan fingerprint density at radius 1 is 1.15 bits per heavy atom. The van der Waals surface area contributed by atoms with Gasteiger partial charge in [0.1, 0.15) is 11.6 Å². The highest BCUT2D eigenvalue weighted by Crippen LogP contribution is 2.44. The van der Waals surface area contributed by atoms with Crippen LogP contribution in [0.5, 0.6) is 0 Å². The van der Waals surface area contributed by atoms with Crippen LogP contribution in [0.2, 0.25) is 0 Å². The molecule has 132 valence electrons. The molecule has 2 aromatic heterocycles. The number of likely N-dealkylation sites (tertiary alicyclic amines) is 1. The van der Waals surface area contributed by atoms with Gasteiger partial charge in [0, 0.05) is 30.6 Å². The number of hydrogen-bond donors (Lipinski definition) is 0. The van der Waals surface area contributed by atoms with Gasteiger partial charge in [-0.15, -0.1) is 11.3 Å². The Balaban J connectivity index is 1.42. The largest absolute Gasteiger partial charge is 0.338 e. The van der Waals surface area contributed by atoms with Crippen LogP contribution in [0.25, 0.3) is 10.6 Å². The van der Waals surface area contributed by atoms with Crippen molar-refractivity contribution in [2.75, 3.05) is 13.1 Å². The number of aromatic nitrogens is 2. The first-order chi connectivity index (χ1) is 12.7. The van der Waals surface area contributed by atoms with E-state index in [-0.39, 0.29) is 17.1 Å². The molecule has 0 aliphatic carbocycles. The molecule has 0 N–H and O–H groups in total. The second-order valence-corrected chi connectivity index (χ2v) is 8.06. The van der Waals surface area contributed by atoms with Crippen molar-refractivity contribution in [3.8, 4) is 10.6 Å². The normalized spacial score (nSPS) is 21.5. The van der Waals surface area contributed by atoms with Gasteiger partial charge in [-0.25, -0.2) is 9.37 Å². The van der Waals surface area contributed by atoms with Crippen LogP contribution >= 0.6 is 11.3 Å². The topological polar surface area (TPSA) is 38.1 Å². The zero-order chi connectivity index (χ0) is 17.7. The van der Waals surface area contributed by atoms with Gasteiger partial charge in [-0.3, -0.25) is 4.79 Å². The minimum atomic E-state index is -0.321. The summed E-state index contributed by atoms with van der Waals surface area (Å²) in [5, 5.41) is 2.08. The molecule has 4 heterocycles. The molecular formula is C20H18FN3OS. The van der Waals surface area contributed by atoms with Crippen molar-refractivity contribution in [1.29, 1.82) is 0 Å². The average Bonchev–Trinajstić information content (AvgIpc) is 3.42. The van der Waals surface area contributed by atoms with Crippen LogP contribution in [0, 0.1) is 5.82 Å².